The van der Waals surface area contributed by atoms with Crippen LogP contribution in [-0.4, -0.2) is 59.9 Å². The molecule has 1 saturated heterocycles. The van der Waals surface area contributed by atoms with Gasteiger partial charge in [0.05, 0.1) is 12.6 Å². The monoisotopic (exact) mass is 636 g/mol. The fraction of sp³-hybridized carbons (Fsp3) is 0.914. The van der Waals surface area contributed by atoms with Crippen LogP contribution >= 0.6 is 0 Å². The first kappa shape index (κ1) is 40.5. The van der Waals surface area contributed by atoms with Crippen molar-refractivity contribution in [1.29, 1.82) is 0 Å². The van der Waals surface area contributed by atoms with Gasteiger partial charge in [-0.05, 0) is 71.2 Å². The summed E-state index contributed by atoms with van der Waals surface area (Å²) in [5.74, 6) is -0.577. The summed E-state index contributed by atoms with van der Waals surface area (Å²) < 4.78 is 16.8. The van der Waals surface area contributed by atoms with Gasteiger partial charge >= 0.3 is 18.0 Å². The topological polar surface area (TPSA) is 131 Å². The molecule has 0 aromatic heterocycles. The van der Waals surface area contributed by atoms with E-state index in [1.165, 1.54) is 69.1 Å². The van der Waals surface area contributed by atoms with Crippen LogP contribution in [0, 0.1) is 0 Å². The van der Waals surface area contributed by atoms with E-state index in [2.05, 4.69) is 23.9 Å². The lowest BCUT2D eigenvalue weighted by Crippen LogP contribution is -2.44. The lowest BCUT2D eigenvalue weighted by molar-refractivity contribution is -0.150. The average molecular weight is 637 g/mol. The summed E-state index contributed by atoms with van der Waals surface area (Å²) in [6.07, 6.45) is 21.3. The highest BCUT2D eigenvalue weighted by Gasteiger charge is 2.42. The van der Waals surface area contributed by atoms with Gasteiger partial charge < -0.3 is 14.2 Å². The number of azide groups is 1. The summed E-state index contributed by atoms with van der Waals surface area (Å²) in [7, 11) is 0. The fourth-order valence-electron chi connectivity index (χ4n) is 5.70. The molecule has 10 heteroatoms. The number of likely N-dealkylation sites (tertiary alicyclic amines) is 1. The van der Waals surface area contributed by atoms with Crippen LogP contribution in [0.1, 0.15) is 169 Å². The van der Waals surface area contributed by atoms with Crippen molar-refractivity contribution in [2.24, 2.45) is 5.11 Å². The Hall–Kier alpha value is -2.48. The lowest BCUT2D eigenvalue weighted by atomic mass is 10.0. The Morgan fingerprint density at radius 2 is 1.36 bits per heavy atom. The van der Waals surface area contributed by atoms with Crippen molar-refractivity contribution in [3.8, 4) is 0 Å². The second-order valence-electron chi connectivity index (χ2n) is 13.7. The van der Waals surface area contributed by atoms with Crippen LogP contribution in [0.4, 0.5) is 4.79 Å². The van der Waals surface area contributed by atoms with E-state index in [-0.39, 0.29) is 31.6 Å². The lowest BCUT2D eigenvalue weighted by Gasteiger charge is -2.27. The van der Waals surface area contributed by atoms with E-state index in [0.29, 0.717) is 12.8 Å². The minimum atomic E-state index is -0.827. The Balaban J connectivity index is 2.31. The smallest absolute Gasteiger partial charge is 0.411 e. The van der Waals surface area contributed by atoms with E-state index in [4.69, 9.17) is 19.7 Å². The first-order chi connectivity index (χ1) is 21.6. The molecule has 45 heavy (non-hydrogen) atoms. The molecule has 10 nitrogen and oxygen atoms in total. The highest BCUT2D eigenvalue weighted by molar-refractivity contribution is 5.82. The molecule has 0 aliphatic carbocycles. The molecule has 1 fully saturated rings. The van der Waals surface area contributed by atoms with Crippen molar-refractivity contribution in [1.82, 2.24) is 4.90 Å². The number of carbonyl (C=O) groups is 3. The highest BCUT2D eigenvalue weighted by atomic mass is 16.6. The Labute approximate surface area is 273 Å². The number of ether oxygens (including phenoxy) is 3. The molecule has 1 rings (SSSR count). The highest BCUT2D eigenvalue weighted by Crippen LogP contribution is 2.25. The normalized spacial score (nSPS) is 16.4. The van der Waals surface area contributed by atoms with Gasteiger partial charge in [-0.15, -0.1) is 0 Å². The van der Waals surface area contributed by atoms with Gasteiger partial charge in [-0.1, -0.05) is 102 Å². The number of hydrogen-bond acceptors (Lipinski definition) is 7. The molecule has 1 aliphatic rings. The summed E-state index contributed by atoms with van der Waals surface area (Å²) in [6, 6.07) is -1.32. The molecule has 260 valence electrons. The van der Waals surface area contributed by atoms with Crippen LogP contribution in [0.2, 0.25) is 0 Å². The third-order valence-electron chi connectivity index (χ3n) is 8.22. The first-order valence-corrected chi connectivity index (χ1v) is 18.0. The Kier molecular flexibility index (Phi) is 22.3. The van der Waals surface area contributed by atoms with Crippen LogP contribution in [0.15, 0.2) is 5.11 Å². The molecule has 0 aromatic rings. The van der Waals surface area contributed by atoms with Crippen molar-refractivity contribution < 1.29 is 28.6 Å². The van der Waals surface area contributed by atoms with Crippen molar-refractivity contribution in [2.75, 3.05) is 13.2 Å². The first-order valence-electron chi connectivity index (χ1n) is 18.0. The van der Waals surface area contributed by atoms with Gasteiger partial charge in [-0.2, -0.15) is 0 Å². The van der Waals surface area contributed by atoms with E-state index in [0.717, 1.165) is 51.4 Å². The van der Waals surface area contributed by atoms with Crippen molar-refractivity contribution >= 4 is 18.0 Å². The SMILES string of the molecule is CCCCCCCCC(CCCCCCCC)OC(=O)CCCCCCCOC(=O)[C@@H]1C[C@@H](N=[N+]=[N-])CN1C(=O)OC(C)(C)C. The quantitative estimate of drug-likeness (QED) is 0.0245. The summed E-state index contributed by atoms with van der Waals surface area (Å²) >= 11 is 0. The van der Waals surface area contributed by atoms with E-state index < -0.39 is 29.7 Å². The molecule has 0 unspecified atom stereocenters. The largest absolute Gasteiger partial charge is 0.464 e. The molecule has 0 saturated carbocycles. The fourth-order valence-corrected chi connectivity index (χ4v) is 5.70. The van der Waals surface area contributed by atoms with Gasteiger partial charge in [0.1, 0.15) is 17.7 Å². The number of nitrogens with zero attached hydrogens (tertiary/aromatic N) is 4. The zero-order chi connectivity index (χ0) is 33.3. The third kappa shape index (κ3) is 20.3. The van der Waals surface area contributed by atoms with Crippen LogP contribution in [0.25, 0.3) is 10.4 Å². The predicted molar refractivity (Wildman–Crippen MR) is 179 cm³/mol. The molecule has 0 bridgehead atoms. The summed E-state index contributed by atoms with van der Waals surface area (Å²) in [5.41, 5.74) is 8.09. The van der Waals surface area contributed by atoms with Crippen molar-refractivity contribution in [3.05, 3.63) is 10.4 Å². The van der Waals surface area contributed by atoms with Gasteiger partial charge in [0.2, 0.25) is 0 Å². The zero-order valence-corrected chi connectivity index (χ0v) is 29.2. The van der Waals surface area contributed by atoms with Gasteiger partial charge in [0, 0.05) is 17.9 Å². The molecular formula is C35H64N4O6. The number of carbonyl (C=O) groups excluding carboxylic acids is 3. The van der Waals surface area contributed by atoms with Gasteiger partial charge in [-0.3, -0.25) is 9.69 Å². The summed E-state index contributed by atoms with van der Waals surface area (Å²) in [4.78, 5) is 42.1. The molecule has 1 aliphatic heterocycles. The Morgan fingerprint density at radius 3 is 1.91 bits per heavy atom. The number of amides is 1. The van der Waals surface area contributed by atoms with E-state index in [9.17, 15) is 14.4 Å². The maximum Gasteiger partial charge on any atom is 0.411 e. The van der Waals surface area contributed by atoms with Crippen LogP contribution in [0.5, 0.6) is 0 Å². The van der Waals surface area contributed by atoms with Crippen molar-refractivity contribution in [2.45, 2.75) is 193 Å². The van der Waals surface area contributed by atoms with Gasteiger partial charge in [0.25, 0.3) is 0 Å². The number of esters is 2. The third-order valence-corrected chi connectivity index (χ3v) is 8.22. The molecule has 1 heterocycles. The summed E-state index contributed by atoms with van der Waals surface area (Å²) in [5, 5.41) is 3.69. The van der Waals surface area contributed by atoms with E-state index in [1.807, 2.05) is 0 Å². The molecule has 0 N–H and O–H groups in total. The van der Waals surface area contributed by atoms with Crippen LogP contribution in [0.3, 0.4) is 0 Å². The molecule has 0 aromatic carbocycles. The maximum atomic E-state index is 12.8. The number of hydrogen-bond donors (Lipinski definition) is 0. The molecule has 0 spiro atoms. The minimum Gasteiger partial charge on any atom is -0.464 e. The molecule has 0 radical (unpaired) electrons. The minimum absolute atomic E-state index is 0.0534. The van der Waals surface area contributed by atoms with Crippen molar-refractivity contribution in [3.63, 3.8) is 0 Å². The van der Waals surface area contributed by atoms with Crippen LogP contribution in [-0.2, 0) is 23.8 Å². The van der Waals surface area contributed by atoms with Crippen LogP contribution < -0.4 is 0 Å². The molecule has 1 amide bonds. The summed E-state index contributed by atoms with van der Waals surface area (Å²) in [6.45, 7) is 10.1. The predicted octanol–water partition coefficient (Wildman–Crippen LogP) is 9.97. The second kappa shape index (κ2) is 24.7. The van der Waals surface area contributed by atoms with Gasteiger partial charge in [0.15, 0.2) is 0 Å². The zero-order valence-electron chi connectivity index (χ0n) is 29.2. The Morgan fingerprint density at radius 1 is 0.822 bits per heavy atom. The standard InChI is InChI=1S/C35H64N4O6/c1-6-8-10-12-15-19-23-30(24-20-16-13-11-9-7-2)44-32(40)25-21-17-14-18-22-26-43-33(41)31-27-29(37-38-36)28-39(31)34(42)45-35(3,4)5/h29-31H,6-28H2,1-5H3/t29-,31+/m1/s1. The van der Waals surface area contributed by atoms with E-state index >= 15 is 0 Å². The van der Waals surface area contributed by atoms with Gasteiger partial charge in [-0.25, -0.2) is 9.59 Å². The molecule has 2 atom stereocenters. The number of unbranched alkanes of at least 4 members (excludes halogenated alkanes) is 14. The number of rotatable bonds is 25. The van der Waals surface area contributed by atoms with E-state index in [1.54, 1.807) is 20.8 Å². The second-order valence-corrected chi connectivity index (χ2v) is 13.7. The average Bonchev–Trinajstić information content (AvgIpc) is 3.41. The maximum absolute atomic E-state index is 12.8. The molecular weight excluding hydrogens is 572 g/mol. The Bertz CT molecular complexity index is 855.